The van der Waals surface area contributed by atoms with Crippen molar-refractivity contribution in [2.24, 2.45) is 5.92 Å². The maximum Gasteiger partial charge on any atom is 0.144 e. The van der Waals surface area contributed by atoms with Crippen molar-refractivity contribution in [3.8, 4) is 0 Å². The lowest BCUT2D eigenvalue weighted by Gasteiger charge is -2.26. The SMILES string of the molecule is CCCNc1nc(C2CCCC(C)C2)nc(CCC)c1Br. The van der Waals surface area contributed by atoms with Crippen LogP contribution < -0.4 is 5.32 Å². The van der Waals surface area contributed by atoms with Crippen molar-refractivity contribution in [1.82, 2.24) is 9.97 Å². The molecule has 1 aromatic heterocycles. The Balaban J connectivity index is 2.28. The minimum absolute atomic E-state index is 0.541. The molecule has 1 aliphatic rings. The standard InChI is InChI=1S/C17H28BrN3/c1-4-7-14-15(18)17(19-10-5-2)21-16(20-14)13-9-6-8-12(3)11-13/h12-13H,4-11H2,1-3H3,(H,19,20,21). The molecule has 1 aromatic rings. The molecule has 1 fully saturated rings. The number of hydrogen-bond acceptors (Lipinski definition) is 3. The van der Waals surface area contributed by atoms with E-state index in [9.17, 15) is 0 Å². The monoisotopic (exact) mass is 353 g/mol. The summed E-state index contributed by atoms with van der Waals surface area (Å²) in [6, 6.07) is 0. The van der Waals surface area contributed by atoms with Gasteiger partial charge < -0.3 is 5.32 Å². The van der Waals surface area contributed by atoms with Gasteiger partial charge in [0.1, 0.15) is 11.6 Å². The molecule has 1 heterocycles. The van der Waals surface area contributed by atoms with E-state index < -0.39 is 0 Å². The first-order valence-corrected chi connectivity index (χ1v) is 9.25. The molecule has 3 nitrogen and oxygen atoms in total. The highest BCUT2D eigenvalue weighted by Crippen LogP contribution is 2.36. The normalized spacial score (nSPS) is 22.3. The highest BCUT2D eigenvalue weighted by Gasteiger charge is 2.24. The lowest BCUT2D eigenvalue weighted by molar-refractivity contribution is 0.335. The van der Waals surface area contributed by atoms with E-state index in [4.69, 9.17) is 9.97 Å². The number of nitrogens with zero attached hydrogens (tertiary/aromatic N) is 2. The molecule has 0 aliphatic heterocycles. The van der Waals surface area contributed by atoms with Gasteiger partial charge in [-0.15, -0.1) is 0 Å². The maximum absolute atomic E-state index is 4.89. The molecule has 0 amide bonds. The number of halogens is 1. The summed E-state index contributed by atoms with van der Waals surface area (Å²) in [5.74, 6) is 3.40. The highest BCUT2D eigenvalue weighted by atomic mass is 79.9. The van der Waals surface area contributed by atoms with Crippen molar-refractivity contribution in [3.05, 3.63) is 16.0 Å². The number of aromatic nitrogens is 2. The Morgan fingerprint density at radius 1 is 1.19 bits per heavy atom. The highest BCUT2D eigenvalue weighted by molar-refractivity contribution is 9.10. The quantitative estimate of drug-likeness (QED) is 0.753. The van der Waals surface area contributed by atoms with E-state index >= 15 is 0 Å². The fraction of sp³-hybridized carbons (Fsp3) is 0.765. The number of nitrogens with one attached hydrogen (secondary N) is 1. The van der Waals surface area contributed by atoms with Gasteiger partial charge in [-0.05, 0) is 47.5 Å². The second-order valence-electron chi connectivity index (χ2n) is 6.34. The van der Waals surface area contributed by atoms with Gasteiger partial charge in [-0.1, -0.05) is 40.0 Å². The van der Waals surface area contributed by atoms with E-state index in [0.717, 1.165) is 47.8 Å². The van der Waals surface area contributed by atoms with Crippen LogP contribution in [0.4, 0.5) is 5.82 Å². The zero-order valence-electron chi connectivity index (χ0n) is 13.6. The van der Waals surface area contributed by atoms with Gasteiger partial charge in [-0.25, -0.2) is 9.97 Å². The molecule has 0 spiro atoms. The Bertz CT molecular complexity index is 462. The predicted molar refractivity (Wildman–Crippen MR) is 92.9 cm³/mol. The van der Waals surface area contributed by atoms with Crippen molar-refractivity contribution in [2.75, 3.05) is 11.9 Å². The molecule has 2 atom stereocenters. The molecular weight excluding hydrogens is 326 g/mol. The average molecular weight is 354 g/mol. The van der Waals surface area contributed by atoms with Crippen molar-refractivity contribution in [3.63, 3.8) is 0 Å². The second-order valence-corrected chi connectivity index (χ2v) is 7.13. The summed E-state index contributed by atoms with van der Waals surface area (Å²) in [7, 11) is 0. The van der Waals surface area contributed by atoms with Gasteiger partial charge in [-0.2, -0.15) is 0 Å². The van der Waals surface area contributed by atoms with E-state index in [2.05, 4.69) is 42.0 Å². The molecule has 0 radical (unpaired) electrons. The van der Waals surface area contributed by atoms with E-state index in [-0.39, 0.29) is 0 Å². The van der Waals surface area contributed by atoms with Gasteiger partial charge in [0.2, 0.25) is 0 Å². The second kappa shape index (κ2) is 8.11. The lowest BCUT2D eigenvalue weighted by Crippen LogP contribution is -2.17. The van der Waals surface area contributed by atoms with Crippen LogP contribution in [-0.2, 0) is 6.42 Å². The number of rotatable bonds is 6. The number of anilines is 1. The van der Waals surface area contributed by atoms with Crippen LogP contribution in [-0.4, -0.2) is 16.5 Å². The van der Waals surface area contributed by atoms with Gasteiger partial charge in [0.15, 0.2) is 0 Å². The average Bonchev–Trinajstić information content (AvgIpc) is 2.48. The van der Waals surface area contributed by atoms with Crippen LogP contribution in [0.25, 0.3) is 0 Å². The largest absolute Gasteiger partial charge is 0.369 e. The Hall–Kier alpha value is -0.640. The first-order chi connectivity index (χ1) is 10.2. The van der Waals surface area contributed by atoms with E-state index in [1.165, 1.54) is 31.4 Å². The van der Waals surface area contributed by atoms with Crippen LogP contribution >= 0.6 is 15.9 Å². The molecule has 0 saturated heterocycles. The zero-order valence-corrected chi connectivity index (χ0v) is 15.2. The van der Waals surface area contributed by atoms with Crippen molar-refractivity contribution >= 4 is 21.7 Å². The summed E-state index contributed by atoms with van der Waals surface area (Å²) in [6.45, 7) is 7.70. The van der Waals surface area contributed by atoms with Gasteiger partial charge in [0, 0.05) is 12.5 Å². The van der Waals surface area contributed by atoms with Crippen LogP contribution in [0.3, 0.4) is 0 Å². The number of aryl methyl sites for hydroxylation is 1. The van der Waals surface area contributed by atoms with Gasteiger partial charge in [0.25, 0.3) is 0 Å². The van der Waals surface area contributed by atoms with Gasteiger partial charge >= 0.3 is 0 Å². The molecule has 0 bridgehead atoms. The molecule has 4 heteroatoms. The van der Waals surface area contributed by atoms with E-state index in [1.807, 2.05) is 0 Å². The molecule has 1 N–H and O–H groups in total. The third-order valence-electron chi connectivity index (χ3n) is 4.27. The molecule has 0 aromatic carbocycles. The fourth-order valence-electron chi connectivity index (χ4n) is 3.13. The van der Waals surface area contributed by atoms with Crippen LogP contribution in [0.5, 0.6) is 0 Å². The molecule has 2 rings (SSSR count). The first kappa shape index (κ1) is 16.7. The van der Waals surface area contributed by atoms with Crippen LogP contribution in [0.2, 0.25) is 0 Å². The van der Waals surface area contributed by atoms with Gasteiger partial charge in [-0.3, -0.25) is 0 Å². The Morgan fingerprint density at radius 3 is 2.67 bits per heavy atom. The van der Waals surface area contributed by atoms with Crippen LogP contribution in [0.1, 0.15) is 76.7 Å². The molecule has 118 valence electrons. The summed E-state index contributed by atoms with van der Waals surface area (Å²) in [4.78, 5) is 9.73. The third kappa shape index (κ3) is 4.41. The number of hydrogen-bond donors (Lipinski definition) is 1. The van der Waals surface area contributed by atoms with E-state index in [0.29, 0.717) is 5.92 Å². The minimum Gasteiger partial charge on any atom is -0.369 e. The fourth-order valence-corrected chi connectivity index (χ4v) is 3.64. The summed E-state index contributed by atoms with van der Waals surface area (Å²) in [5.41, 5.74) is 1.17. The molecule has 1 saturated carbocycles. The Morgan fingerprint density at radius 2 is 2.00 bits per heavy atom. The first-order valence-electron chi connectivity index (χ1n) is 8.45. The predicted octanol–water partition coefficient (Wildman–Crippen LogP) is 5.31. The van der Waals surface area contributed by atoms with E-state index in [1.54, 1.807) is 0 Å². The summed E-state index contributed by atoms with van der Waals surface area (Å²) in [6.07, 6.45) is 8.38. The Labute approximate surface area is 137 Å². The lowest BCUT2D eigenvalue weighted by atomic mass is 9.82. The van der Waals surface area contributed by atoms with Crippen LogP contribution in [0, 0.1) is 5.92 Å². The molecular formula is C17H28BrN3. The maximum atomic E-state index is 4.89. The van der Waals surface area contributed by atoms with Gasteiger partial charge in [0.05, 0.1) is 10.2 Å². The summed E-state index contributed by atoms with van der Waals surface area (Å²) in [5, 5.41) is 3.45. The third-order valence-corrected chi connectivity index (χ3v) is 5.10. The van der Waals surface area contributed by atoms with Crippen molar-refractivity contribution < 1.29 is 0 Å². The minimum atomic E-state index is 0.541. The van der Waals surface area contributed by atoms with Crippen molar-refractivity contribution in [2.45, 2.75) is 71.6 Å². The van der Waals surface area contributed by atoms with Crippen molar-refractivity contribution in [1.29, 1.82) is 0 Å². The molecule has 21 heavy (non-hydrogen) atoms. The molecule has 2 unspecified atom stereocenters. The Kier molecular flexibility index (Phi) is 6.46. The zero-order chi connectivity index (χ0) is 15.2. The summed E-state index contributed by atoms with van der Waals surface area (Å²) >= 11 is 3.69. The molecule has 1 aliphatic carbocycles. The topological polar surface area (TPSA) is 37.8 Å². The van der Waals surface area contributed by atoms with Crippen LogP contribution in [0.15, 0.2) is 4.47 Å². The summed E-state index contributed by atoms with van der Waals surface area (Å²) < 4.78 is 1.06. The smallest absolute Gasteiger partial charge is 0.144 e.